The Balaban J connectivity index is 2.48. The molecule has 0 saturated carbocycles. The lowest BCUT2D eigenvalue weighted by molar-refractivity contribution is 0.342. The van der Waals surface area contributed by atoms with E-state index in [1.54, 1.807) is 24.1 Å². The van der Waals surface area contributed by atoms with Crippen LogP contribution >= 0.6 is 11.9 Å². The lowest BCUT2D eigenvalue weighted by atomic mass is 9.90. The van der Waals surface area contributed by atoms with E-state index < -0.39 is 5.54 Å². The molecule has 0 radical (unpaired) electrons. The molecule has 4 nitrogen and oxygen atoms in total. The maximum Gasteiger partial charge on any atom is 0.128 e. The number of benzene rings is 1. The summed E-state index contributed by atoms with van der Waals surface area (Å²) in [7, 11) is 1.95. The maximum atomic E-state index is 14.2. The minimum atomic E-state index is -0.688. The van der Waals surface area contributed by atoms with E-state index in [1.807, 2.05) is 32.1 Å². The van der Waals surface area contributed by atoms with E-state index in [2.05, 4.69) is 5.32 Å². The molecule has 0 aliphatic carbocycles. The van der Waals surface area contributed by atoms with Gasteiger partial charge >= 0.3 is 0 Å². The van der Waals surface area contributed by atoms with E-state index >= 15 is 0 Å². The Morgan fingerprint density at radius 1 is 1.40 bits per heavy atom. The summed E-state index contributed by atoms with van der Waals surface area (Å²) in [6.07, 6.45) is 0. The van der Waals surface area contributed by atoms with Crippen molar-refractivity contribution in [2.75, 3.05) is 19.3 Å². The highest BCUT2D eigenvalue weighted by Crippen LogP contribution is 2.36. The third kappa shape index (κ3) is 2.76. The zero-order chi connectivity index (χ0) is 15.1. The van der Waals surface area contributed by atoms with Crippen molar-refractivity contribution in [2.45, 2.75) is 31.1 Å². The van der Waals surface area contributed by atoms with Crippen LogP contribution in [-0.2, 0) is 5.54 Å². The van der Waals surface area contributed by atoms with Crippen LogP contribution in [-0.4, -0.2) is 28.5 Å². The lowest BCUT2D eigenvalue weighted by Gasteiger charge is -2.33. The molecule has 0 unspecified atom stereocenters. The molecule has 6 heteroatoms. The summed E-state index contributed by atoms with van der Waals surface area (Å²) < 4.78 is 15.9. The highest BCUT2D eigenvalue weighted by atomic mass is 32.2. The van der Waals surface area contributed by atoms with Crippen LogP contribution in [0.1, 0.15) is 26.3 Å². The number of hydrogen-bond acceptors (Lipinski definition) is 4. The molecular formula is C14H21FN4S. The van der Waals surface area contributed by atoms with E-state index in [-0.39, 0.29) is 10.6 Å². The molecule has 1 aliphatic heterocycles. The number of nitrogen functional groups attached to an aromatic ring is 1. The first-order chi connectivity index (χ1) is 9.14. The number of hydrogen-bond donors (Lipinski definition) is 3. The van der Waals surface area contributed by atoms with Crippen molar-refractivity contribution in [2.24, 2.45) is 0 Å². The average Bonchev–Trinajstić information content (AvgIpc) is 2.37. The van der Waals surface area contributed by atoms with Crippen LogP contribution in [0.5, 0.6) is 0 Å². The van der Waals surface area contributed by atoms with Gasteiger partial charge < -0.3 is 11.1 Å². The van der Waals surface area contributed by atoms with Gasteiger partial charge in [-0.15, -0.1) is 0 Å². The number of halogens is 1. The Morgan fingerprint density at radius 3 is 2.70 bits per heavy atom. The summed E-state index contributed by atoms with van der Waals surface area (Å²) in [4.78, 5) is 0. The van der Waals surface area contributed by atoms with Crippen LogP contribution < -0.4 is 11.1 Å². The van der Waals surface area contributed by atoms with Crippen LogP contribution in [0, 0.1) is 11.2 Å². The monoisotopic (exact) mass is 296 g/mol. The lowest BCUT2D eigenvalue weighted by Crippen LogP contribution is -2.50. The van der Waals surface area contributed by atoms with Crippen molar-refractivity contribution < 1.29 is 4.39 Å². The molecule has 1 heterocycles. The van der Waals surface area contributed by atoms with E-state index in [0.29, 0.717) is 23.6 Å². The van der Waals surface area contributed by atoms with Crippen molar-refractivity contribution >= 4 is 23.5 Å². The van der Waals surface area contributed by atoms with Gasteiger partial charge in [-0.1, -0.05) is 11.9 Å². The molecule has 2 rings (SSSR count). The van der Waals surface area contributed by atoms with Crippen molar-refractivity contribution in [3.05, 3.63) is 29.6 Å². The highest BCUT2D eigenvalue weighted by Gasteiger charge is 2.40. The summed E-state index contributed by atoms with van der Waals surface area (Å²) in [5.41, 5.74) is 6.12. The minimum absolute atomic E-state index is 0.305. The number of amidine groups is 1. The van der Waals surface area contributed by atoms with Crippen LogP contribution in [0.2, 0.25) is 0 Å². The summed E-state index contributed by atoms with van der Waals surface area (Å²) >= 11 is 1.57. The third-order valence-corrected chi connectivity index (χ3v) is 4.61. The Morgan fingerprint density at radius 2 is 2.05 bits per heavy atom. The molecule has 1 aliphatic rings. The molecule has 4 N–H and O–H groups in total. The van der Waals surface area contributed by atoms with E-state index in [4.69, 9.17) is 11.1 Å². The molecule has 0 aromatic heterocycles. The van der Waals surface area contributed by atoms with Gasteiger partial charge in [0.25, 0.3) is 0 Å². The van der Waals surface area contributed by atoms with E-state index in [0.717, 1.165) is 0 Å². The normalized spacial score (nSPS) is 26.9. The second-order valence-electron chi connectivity index (χ2n) is 5.96. The van der Waals surface area contributed by atoms with Gasteiger partial charge in [0.15, 0.2) is 0 Å². The number of nitrogens with one attached hydrogen (secondary N) is 2. The fourth-order valence-corrected chi connectivity index (χ4v) is 3.74. The second-order valence-corrected chi connectivity index (χ2v) is 7.79. The van der Waals surface area contributed by atoms with Crippen LogP contribution in [0.15, 0.2) is 18.2 Å². The standard InChI is InChI=1S/C14H21FN4S/c1-13(2)12(17)18-14(3,8-19(4)20-13)10-7-9(16)5-6-11(10)15/h5-7H,8,16H2,1-4H3,(H2,17,18)/t14-/m0/s1. The molecule has 1 aromatic rings. The van der Waals surface area contributed by atoms with Crippen molar-refractivity contribution in [1.29, 1.82) is 5.41 Å². The molecule has 0 amide bonds. The van der Waals surface area contributed by atoms with Gasteiger partial charge in [-0.3, -0.25) is 9.71 Å². The predicted octanol–water partition coefficient (Wildman–Crippen LogP) is 2.56. The van der Waals surface area contributed by atoms with Crippen molar-refractivity contribution in [1.82, 2.24) is 9.62 Å². The largest absolute Gasteiger partial charge is 0.399 e. The van der Waals surface area contributed by atoms with Gasteiger partial charge in [0, 0.05) is 17.8 Å². The van der Waals surface area contributed by atoms with E-state index in [9.17, 15) is 4.39 Å². The SMILES string of the molecule is CN1C[C@@](C)(c2cc(N)ccc2F)NC(=N)C(C)(C)S1. The Labute approximate surface area is 123 Å². The summed E-state index contributed by atoms with van der Waals surface area (Å²) in [6, 6.07) is 4.57. The first-order valence-electron chi connectivity index (χ1n) is 6.47. The molecular weight excluding hydrogens is 275 g/mol. The highest BCUT2D eigenvalue weighted by molar-refractivity contribution is 7.99. The van der Waals surface area contributed by atoms with Crippen LogP contribution in [0.3, 0.4) is 0 Å². The Bertz CT molecular complexity index is 546. The summed E-state index contributed by atoms with van der Waals surface area (Å²) in [6.45, 7) is 6.43. The molecule has 20 heavy (non-hydrogen) atoms. The predicted molar refractivity (Wildman–Crippen MR) is 83.3 cm³/mol. The number of likely N-dealkylation sites (N-methyl/N-ethyl adjacent to an activating group) is 1. The van der Waals surface area contributed by atoms with Crippen LogP contribution in [0.25, 0.3) is 0 Å². The van der Waals surface area contributed by atoms with Gasteiger partial charge in [-0.2, -0.15) is 0 Å². The van der Waals surface area contributed by atoms with Crippen molar-refractivity contribution in [3.8, 4) is 0 Å². The zero-order valence-electron chi connectivity index (χ0n) is 12.2. The average molecular weight is 296 g/mol. The molecule has 1 fully saturated rings. The van der Waals surface area contributed by atoms with E-state index in [1.165, 1.54) is 6.07 Å². The zero-order valence-corrected chi connectivity index (χ0v) is 13.1. The van der Waals surface area contributed by atoms with Gasteiger partial charge in [-0.05, 0) is 46.0 Å². The molecule has 0 bridgehead atoms. The van der Waals surface area contributed by atoms with Crippen molar-refractivity contribution in [3.63, 3.8) is 0 Å². The Kier molecular flexibility index (Phi) is 3.73. The van der Waals surface area contributed by atoms with Crippen LogP contribution in [0.4, 0.5) is 10.1 Å². The van der Waals surface area contributed by atoms with Gasteiger partial charge in [0.05, 0.1) is 10.3 Å². The molecule has 110 valence electrons. The number of nitrogens with two attached hydrogens (primary N) is 1. The topological polar surface area (TPSA) is 65.1 Å². The molecule has 1 saturated heterocycles. The molecule has 0 spiro atoms. The smallest absolute Gasteiger partial charge is 0.128 e. The summed E-state index contributed by atoms with van der Waals surface area (Å²) in [5, 5.41) is 11.4. The third-order valence-electron chi connectivity index (χ3n) is 3.51. The van der Waals surface area contributed by atoms with Gasteiger partial charge in [-0.25, -0.2) is 4.39 Å². The number of nitrogens with zero attached hydrogens (tertiary/aromatic N) is 1. The first kappa shape index (κ1) is 15.1. The minimum Gasteiger partial charge on any atom is -0.399 e. The fraction of sp³-hybridized carbons (Fsp3) is 0.500. The molecule has 1 aromatic carbocycles. The molecule has 1 atom stereocenters. The number of anilines is 1. The second kappa shape index (κ2) is 4.93. The van der Waals surface area contributed by atoms with Gasteiger partial charge in [0.2, 0.25) is 0 Å². The summed E-state index contributed by atoms with van der Waals surface area (Å²) in [5.74, 6) is 0.0799. The Hall–Kier alpha value is -1.27. The first-order valence-corrected chi connectivity index (χ1v) is 7.24. The quantitative estimate of drug-likeness (QED) is 0.550. The maximum absolute atomic E-state index is 14.2. The number of rotatable bonds is 1. The fourth-order valence-electron chi connectivity index (χ4n) is 2.50. The van der Waals surface area contributed by atoms with Gasteiger partial charge in [0.1, 0.15) is 11.7 Å².